The summed E-state index contributed by atoms with van der Waals surface area (Å²) in [5.41, 5.74) is 2.54. The van der Waals surface area contributed by atoms with Crippen LogP contribution in [0.5, 0.6) is 0 Å². The summed E-state index contributed by atoms with van der Waals surface area (Å²) in [6.07, 6.45) is 0.194. The average molecular weight is 351 g/mol. The molecule has 0 fully saturated rings. The molecule has 26 heavy (non-hydrogen) atoms. The second-order valence-corrected chi connectivity index (χ2v) is 5.45. The summed E-state index contributed by atoms with van der Waals surface area (Å²) in [5, 5.41) is 2.66. The van der Waals surface area contributed by atoms with Gasteiger partial charge < -0.3 is 14.8 Å². The molecule has 5 heteroatoms. The van der Waals surface area contributed by atoms with Gasteiger partial charge in [0.2, 0.25) is 0 Å². The highest BCUT2D eigenvalue weighted by molar-refractivity contribution is 5.73. The molecule has 0 saturated heterocycles. The van der Waals surface area contributed by atoms with Crippen LogP contribution in [0.1, 0.15) is 23.1 Å². The molecule has 0 saturated carbocycles. The number of carbonyl (C=O) groups excluding carboxylic acids is 2. The molecule has 0 aliphatic rings. The third-order valence-corrected chi connectivity index (χ3v) is 3.53. The first kappa shape index (κ1) is 19.1. The molecule has 2 rings (SSSR count). The van der Waals surface area contributed by atoms with Gasteiger partial charge >= 0.3 is 12.1 Å². The monoisotopic (exact) mass is 351 g/mol. The van der Waals surface area contributed by atoms with Crippen molar-refractivity contribution in [3.8, 4) is 11.8 Å². The molecule has 0 atom stereocenters. The van der Waals surface area contributed by atoms with Crippen LogP contribution in [0, 0.1) is 11.8 Å². The van der Waals surface area contributed by atoms with E-state index in [1.807, 2.05) is 54.6 Å². The molecular formula is C21H21NO4. The molecule has 134 valence electrons. The van der Waals surface area contributed by atoms with Crippen molar-refractivity contribution in [2.75, 3.05) is 13.7 Å². The van der Waals surface area contributed by atoms with E-state index in [1.165, 1.54) is 7.11 Å². The zero-order chi connectivity index (χ0) is 18.6. The van der Waals surface area contributed by atoms with Crippen LogP contribution in [0.25, 0.3) is 0 Å². The Hall–Kier alpha value is -3.26. The Kier molecular flexibility index (Phi) is 7.75. The zero-order valence-electron chi connectivity index (χ0n) is 14.7. The topological polar surface area (TPSA) is 64.6 Å². The normalized spacial score (nSPS) is 9.58. The molecule has 0 spiro atoms. The van der Waals surface area contributed by atoms with Crippen molar-refractivity contribution in [2.24, 2.45) is 0 Å². The Labute approximate surface area is 153 Å². The van der Waals surface area contributed by atoms with Gasteiger partial charge in [0.1, 0.15) is 6.61 Å². The van der Waals surface area contributed by atoms with Crippen molar-refractivity contribution in [1.29, 1.82) is 0 Å². The van der Waals surface area contributed by atoms with Crippen LogP contribution >= 0.6 is 0 Å². The number of hydrogen-bond acceptors (Lipinski definition) is 4. The lowest BCUT2D eigenvalue weighted by Crippen LogP contribution is -2.24. The molecule has 2 aromatic carbocycles. The number of amides is 1. The van der Waals surface area contributed by atoms with E-state index in [4.69, 9.17) is 4.74 Å². The third kappa shape index (κ3) is 6.70. The van der Waals surface area contributed by atoms with Gasteiger partial charge in [0.05, 0.1) is 13.5 Å². The first-order valence-corrected chi connectivity index (χ1v) is 8.27. The highest BCUT2D eigenvalue weighted by atomic mass is 16.5. The summed E-state index contributed by atoms with van der Waals surface area (Å²) in [7, 11) is 1.36. The molecule has 0 aliphatic carbocycles. The van der Waals surface area contributed by atoms with E-state index in [0.29, 0.717) is 13.0 Å². The molecule has 2 aromatic rings. The standard InChI is InChI=1S/C21H21NO4/c1-25-20(23)15-19-13-6-5-11-18(19)12-7-8-14-22-21(24)26-16-17-9-3-2-4-10-17/h2-6,9-11,13H,8,14-16H2,1H3,(H,22,24). The van der Waals surface area contributed by atoms with Gasteiger partial charge in [0.25, 0.3) is 0 Å². The maximum Gasteiger partial charge on any atom is 0.407 e. The predicted octanol–water partition coefficient (Wildman–Crippen LogP) is 3.07. The predicted molar refractivity (Wildman–Crippen MR) is 98.3 cm³/mol. The summed E-state index contributed by atoms with van der Waals surface area (Å²) >= 11 is 0. The SMILES string of the molecule is COC(=O)Cc1ccccc1C#CCCNC(=O)OCc1ccccc1. The van der Waals surface area contributed by atoms with Gasteiger partial charge in [0.15, 0.2) is 0 Å². The second kappa shape index (κ2) is 10.6. The summed E-state index contributed by atoms with van der Waals surface area (Å²) in [4.78, 5) is 23.0. The first-order chi connectivity index (χ1) is 12.7. The Morgan fingerprint density at radius 2 is 1.77 bits per heavy atom. The Balaban J connectivity index is 1.75. The molecule has 1 amide bonds. The van der Waals surface area contributed by atoms with Crippen LogP contribution in [0.4, 0.5) is 4.79 Å². The van der Waals surface area contributed by atoms with Crippen LogP contribution in [0.15, 0.2) is 54.6 Å². The number of carbonyl (C=O) groups is 2. The van der Waals surface area contributed by atoms with Crippen molar-refractivity contribution in [2.45, 2.75) is 19.4 Å². The number of methoxy groups -OCH3 is 1. The van der Waals surface area contributed by atoms with E-state index in [9.17, 15) is 9.59 Å². The van der Waals surface area contributed by atoms with Gasteiger partial charge in [-0.1, -0.05) is 60.4 Å². The number of esters is 1. The summed E-state index contributed by atoms with van der Waals surface area (Å²) in [5.74, 6) is 5.71. The van der Waals surface area contributed by atoms with Crippen LogP contribution in [0.2, 0.25) is 0 Å². The van der Waals surface area contributed by atoms with Crippen molar-refractivity contribution >= 4 is 12.1 Å². The highest BCUT2D eigenvalue weighted by Crippen LogP contribution is 2.08. The van der Waals surface area contributed by atoms with Crippen molar-refractivity contribution in [3.63, 3.8) is 0 Å². The van der Waals surface area contributed by atoms with E-state index < -0.39 is 6.09 Å². The number of alkyl carbamates (subject to hydrolysis) is 1. The van der Waals surface area contributed by atoms with Gasteiger partial charge in [-0.25, -0.2) is 4.79 Å². The van der Waals surface area contributed by atoms with Gasteiger partial charge in [-0.2, -0.15) is 0 Å². The molecule has 1 N–H and O–H groups in total. The Morgan fingerprint density at radius 3 is 2.54 bits per heavy atom. The second-order valence-electron chi connectivity index (χ2n) is 5.45. The van der Waals surface area contributed by atoms with Crippen LogP contribution in [-0.2, 0) is 27.3 Å². The fourth-order valence-electron chi connectivity index (χ4n) is 2.18. The zero-order valence-corrected chi connectivity index (χ0v) is 14.7. The number of rotatable bonds is 6. The van der Waals surface area contributed by atoms with E-state index in [2.05, 4.69) is 21.9 Å². The van der Waals surface area contributed by atoms with Gasteiger partial charge in [-0.15, -0.1) is 0 Å². The molecular weight excluding hydrogens is 330 g/mol. The van der Waals surface area contributed by atoms with E-state index in [1.54, 1.807) is 0 Å². The van der Waals surface area contributed by atoms with Gasteiger partial charge in [-0.3, -0.25) is 4.79 Å². The molecule has 0 unspecified atom stereocenters. The third-order valence-electron chi connectivity index (χ3n) is 3.53. The minimum atomic E-state index is -0.471. The Bertz CT molecular complexity index is 790. The van der Waals surface area contributed by atoms with Gasteiger partial charge in [0, 0.05) is 18.5 Å². The number of benzene rings is 2. The van der Waals surface area contributed by atoms with Crippen LogP contribution in [-0.4, -0.2) is 25.7 Å². The molecule has 0 radical (unpaired) electrons. The molecule has 0 aromatic heterocycles. The van der Waals surface area contributed by atoms with E-state index in [0.717, 1.165) is 16.7 Å². The largest absolute Gasteiger partial charge is 0.469 e. The lowest BCUT2D eigenvalue weighted by molar-refractivity contribution is -0.139. The summed E-state index contributed by atoms with van der Waals surface area (Å²) in [6, 6.07) is 16.9. The maximum atomic E-state index is 11.6. The number of nitrogens with one attached hydrogen (secondary N) is 1. The Morgan fingerprint density at radius 1 is 1.04 bits per heavy atom. The van der Waals surface area contributed by atoms with Crippen LogP contribution in [0.3, 0.4) is 0 Å². The van der Waals surface area contributed by atoms with E-state index >= 15 is 0 Å². The minimum absolute atomic E-state index is 0.186. The maximum absolute atomic E-state index is 11.6. The fraction of sp³-hybridized carbons (Fsp3) is 0.238. The molecule has 5 nitrogen and oxygen atoms in total. The summed E-state index contributed by atoms with van der Waals surface area (Å²) < 4.78 is 9.80. The lowest BCUT2D eigenvalue weighted by atomic mass is 10.0. The highest BCUT2D eigenvalue weighted by Gasteiger charge is 2.06. The lowest BCUT2D eigenvalue weighted by Gasteiger charge is -2.05. The van der Waals surface area contributed by atoms with Crippen LogP contribution < -0.4 is 5.32 Å². The van der Waals surface area contributed by atoms with Crippen molar-refractivity contribution in [1.82, 2.24) is 5.32 Å². The molecule has 0 heterocycles. The molecule has 0 bridgehead atoms. The smallest absolute Gasteiger partial charge is 0.407 e. The fourth-order valence-corrected chi connectivity index (χ4v) is 2.18. The number of ether oxygens (including phenoxy) is 2. The average Bonchev–Trinajstić information content (AvgIpc) is 2.68. The van der Waals surface area contributed by atoms with Gasteiger partial charge in [-0.05, 0) is 17.2 Å². The van der Waals surface area contributed by atoms with Crippen molar-refractivity contribution < 1.29 is 19.1 Å². The number of hydrogen-bond donors (Lipinski definition) is 1. The summed E-state index contributed by atoms with van der Waals surface area (Å²) in [6.45, 7) is 0.624. The quantitative estimate of drug-likeness (QED) is 0.493. The molecule has 0 aliphatic heterocycles. The first-order valence-electron chi connectivity index (χ1n) is 8.27. The van der Waals surface area contributed by atoms with Crippen molar-refractivity contribution in [3.05, 3.63) is 71.3 Å². The minimum Gasteiger partial charge on any atom is -0.469 e. The van der Waals surface area contributed by atoms with E-state index in [-0.39, 0.29) is 19.0 Å².